The number of hydrogen-bond donors (Lipinski definition) is 2. The number of nitrogens with one attached hydrogen (secondary N) is 2. The van der Waals surface area contributed by atoms with Gasteiger partial charge in [-0.2, -0.15) is 0 Å². The van der Waals surface area contributed by atoms with Gasteiger partial charge in [0.25, 0.3) is 0 Å². The number of carbonyl (C=O) groups is 4. The van der Waals surface area contributed by atoms with Crippen LogP contribution in [-0.2, 0) is 30.3 Å². The molecule has 0 bridgehead atoms. The number of ether oxygens (including phenoxy) is 2. The maximum Gasteiger partial charge on any atom is 0.408 e. The Hall–Kier alpha value is -4.14. The third-order valence-electron chi connectivity index (χ3n) is 6.09. The van der Waals surface area contributed by atoms with Gasteiger partial charge in [0.1, 0.15) is 17.7 Å². The van der Waals surface area contributed by atoms with Crippen molar-refractivity contribution in [2.45, 2.75) is 72.1 Å². The Kier molecular flexibility index (Phi) is 12.6. The van der Waals surface area contributed by atoms with Crippen molar-refractivity contribution in [2.75, 3.05) is 19.7 Å². The molecule has 0 fully saturated rings. The van der Waals surface area contributed by atoms with Crippen LogP contribution in [0.3, 0.4) is 0 Å². The molecule has 2 unspecified atom stereocenters. The normalized spacial score (nSPS) is 12.4. The van der Waals surface area contributed by atoms with Crippen LogP contribution in [0.5, 0.6) is 0 Å². The highest BCUT2D eigenvalue weighted by Gasteiger charge is 2.36. The fourth-order valence-corrected chi connectivity index (χ4v) is 4.36. The summed E-state index contributed by atoms with van der Waals surface area (Å²) in [7, 11) is 0. The lowest BCUT2D eigenvalue weighted by atomic mass is 9.95. The number of alkyl carbamates (subject to hydrolysis) is 1. The lowest BCUT2D eigenvalue weighted by Gasteiger charge is -2.34. The highest BCUT2D eigenvalue weighted by Crippen LogP contribution is 2.27. The maximum absolute atomic E-state index is 14.3. The van der Waals surface area contributed by atoms with Gasteiger partial charge in [-0.25, -0.2) is 4.79 Å². The summed E-state index contributed by atoms with van der Waals surface area (Å²) in [5.74, 6) is -1.38. The summed E-state index contributed by atoms with van der Waals surface area (Å²) < 4.78 is 10.4. The number of hydrogen-bond acceptors (Lipinski definition) is 6. The van der Waals surface area contributed by atoms with E-state index in [1.807, 2.05) is 62.4 Å². The number of benzene rings is 2. The first-order valence-corrected chi connectivity index (χ1v) is 13.8. The highest BCUT2D eigenvalue weighted by molar-refractivity contribution is 5.92. The summed E-state index contributed by atoms with van der Waals surface area (Å²) in [6, 6.07) is 12.8. The molecule has 9 heteroatoms. The van der Waals surface area contributed by atoms with Crippen LogP contribution in [0.4, 0.5) is 4.79 Å². The average molecular weight is 566 g/mol. The van der Waals surface area contributed by atoms with E-state index < -0.39 is 41.6 Å². The van der Waals surface area contributed by atoms with E-state index >= 15 is 0 Å². The van der Waals surface area contributed by atoms with Crippen LogP contribution in [0.15, 0.2) is 61.2 Å². The van der Waals surface area contributed by atoms with E-state index in [-0.39, 0.29) is 32.5 Å². The molecule has 0 radical (unpaired) electrons. The Balaban J connectivity index is 2.50. The van der Waals surface area contributed by atoms with Crippen molar-refractivity contribution >= 4 is 23.9 Å². The monoisotopic (exact) mass is 565 g/mol. The second-order valence-corrected chi connectivity index (χ2v) is 10.8. The molecule has 2 N–H and O–H groups in total. The van der Waals surface area contributed by atoms with Crippen LogP contribution in [0.2, 0.25) is 0 Å². The van der Waals surface area contributed by atoms with E-state index in [4.69, 9.17) is 9.47 Å². The first kappa shape index (κ1) is 33.1. The lowest BCUT2D eigenvalue weighted by molar-refractivity contribution is -0.144. The summed E-state index contributed by atoms with van der Waals surface area (Å²) in [6.07, 6.45) is 0.961. The summed E-state index contributed by atoms with van der Waals surface area (Å²) in [5.41, 5.74) is 2.49. The van der Waals surface area contributed by atoms with E-state index in [2.05, 4.69) is 17.2 Å². The van der Waals surface area contributed by atoms with Crippen LogP contribution in [0.1, 0.15) is 62.4 Å². The number of rotatable bonds is 13. The van der Waals surface area contributed by atoms with Crippen LogP contribution in [0.25, 0.3) is 0 Å². The second-order valence-electron chi connectivity index (χ2n) is 10.8. The van der Waals surface area contributed by atoms with Gasteiger partial charge in [-0.1, -0.05) is 60.2 Å². The van der Waals surface area contributed by atoms with Crippen molar-refractivity contribution in [1.82, 2.24) is 15.5 Å². The van der Waals surface area contributed by atoms with Crippen molar-refractivity contribution in [3.63, 3.8) is 0 Å². The molecule has 41 heavy (non-hydrogen) atoms. The second kappa shape index (κ2) is 15.6. The van der Waals surface area contributed by atoms with Crippen LogP contribution in [-0.4, -0.2) is 60.1 Å². The molecule has 222 valence electrons. The van der Waals surface area contributed by atoms with Crippen molar-refractivity contribution in [1.29, 1.82) is 0 Å². The van der Waals surface area contributed by atoms with Crippen molar-refractivity contribution in [3.05, 3.63) is 83.4 Å². The zero-order valence-electron chi connectivity index (χ0n) is 25.0. The standard InChI is InChI=1S/C32H43N3O6/c1-8-19-35(30(38)26(21-24-13-11-10-12-14-24)34-31(39)41-32(5,6)7)28(25-16-15-22(3)20-23(25)4)29(37)33-18-17-27(36)40-9-2/h8,10-16,20,26,28H,1,9,17-19,21H2,2-7H3,(H,33,37)(H,34,39). The van der Waals surface area contributed by atoms with Gasteiger partial charge < -0.3 is 25.0 Å². The Morgan fingerprint density at radius 3 is 2.32 bits per heavy atom. The third kappa shape index (κ3) is 10.7. The molecule has 0 aromatic heterocycles. The predicted octanol–water partition coefficient (Wildman–Crippen LogP) is 4.56. The smallest absolute Gasteiger partial charge is 0.408 e. The Morgan fingerprint density at radius 2 is 1.73 bits per heavy atom. The van der Waals surface area contributed by atoms with E-state index in [0.717, 1.165) is 16.7 Å². The number of carbonyl (C=O) groups excluding carboxylic acids is 4. The van der Waals surface area contributed by atoms with E-state index in [1.54, 1.807) is 27.7 Å². The average Bonchev–Trinajstić information content (AvgIpc) is 2.88. The molecular weight excluding hydrogens is 522 g/mol. The molecule has 3 amide bonds. The first-order valence-electron chi connectivity index (χ1n) is 13.8. The van der Waals surface area contributed by atoms with Gasteiger partial charge in [0.05, 0.1) is 13.0 Å². The Bertz CT molecular complexity index is 1210. The number of amides is 3. The van der Waals surface area contributed by atoms with Gasteiger partial charge in [-0.15, -0.1) is 6.58 Å². The molecular formula is C32H43N3O6. The SMILES string of the molecule is C=CCN(C(=O)C(Cc1ccccc1)NC(=O)OC(C)(C)C)C(C(=O)NCCC(=O)OCC)c1ccc(C)cc1C. The summed E-state index contributed by atoms with van der Waals surface area (Å²) in [6.45, 7) is 14.9. The van der Waals surface area contributed by atoms with Crippen molar-refractivity contribution < 1.29 is 28.7 Å². The van der Waals surface area contributed by atoms with Gasteiger partial charge in [-0.3, -0.25) is 14.4 Å². The van der Waals surface area contributed by atoms with Crippen LogP contribution < -0.4 is 10.6 Å². The molecule has 9 nitrogen and oxygen atoms in total. The molecule has 2 aromatic rings. The zero-order valence-corrected chi connectivity index (χ0v) is 25.0. The van der Waals surface area contributed by atoms with Gasteiger partial charge >= 0.3 is 12.1 Å². The molecule has 0 spiro atoms. The molecule has 0 saturated carbocycles. The van der Waals surface area contributed by atoms with Crippen LogP contribution in [0, 0.1) is 13.8 Å². The minimum atomic E-state index is -1.05. The van der Waals surface area contributed by atoms with Gasteiger partial charge in [0.2, 0.25) is 11.8 Å². The van der Waals surface area contributed by atoms with Crippen LogP contribution >= 0.6 is 0 Å². The topological polar surface area (TPSA) is 114 Å². The number of esters is 1. The summed E-state index contributed by atoms with van der Waals surface area (Å²) in [4.78, 5) is 54.1. The van der Waals surface area contributed by atoms with Crippen molar-refractivity contribution in [3.8, 4) is 0 Å². The highest BCUT2D eigenvalue weighted by atomic mass is 16.6. The summed E-state index contributed by atoms with van der Waals surface area (Å²) >= 11 is 0. The maximum atomic E-state index is 14.3. The summed E-state index contributed by atoms with van der Waals surface area (Å²) in [5, 5.41) is 5.51. The minimum absolute atomic E-state index is 0.00852. The molecule has 2 rings (SSSR count). The quantitative estimate of drug-likeness (QED) is 0.272. The number of aryl methyl sites for hydroxylation is 2. The van der Waals surface area contributed by atoms with E-state index in [1.165, 1.54) is 11.0 Å². The largest absolute Gasteiger partial charge is 0.466 e. The van der Waals surface area contributed by atoms with Gasteiger partial charge in [0.15, 0.2) is 0 Å². The minimum Gasteiger partial charge on any atom is -0.466 e. The molecule has 0 aliphatic carbocycles. The van der Waals surface area contributed by atoms with Gasteiger partial charge in [-0.05, 0) is 58.2 Å². The van der Waals surface area contributed by atoms with E-state index in [0.29, 0.717) is 5.56 Å². The fraction of sp³-hybridized carbons (Fsp3) is 0.438. The molecule has 0 aliphatic heterocycles. The Morgan fingerprint density at radius 1 is 1.05 bits per heavy atom. The van der Waals surface area contributed by atoms with Gasteiger partial charge in [0, 0.05) is 19.5 Å². The van der Waals surface area contributed by atoms with Crippen molar-refractivity contribution in [2.24, 2.45) is 0 Å². The molecule has 0 saturated heterocycles. The molecule has 2 atom stereocenters. The fourth-order valence-electron chi connectivity index (χ4n) is 4.36. The molecule has 0 heterocycles. The zero-order chi connectivity index (χ0) is 30.6. The molecule has 2 aromatic carbocycles. The van der Waals surface area contributed by atoms with E-state index in [9.17, 15) is 19.2 Å². The number of nitrogens with zero attached hydrogens (tertiary/aromatic N) is 1. The third-order valence-corrected chi connectivity index (χ3v) is 6.09. The lowest BCUT2D eigenvalue weighted by Crippen LogP contribution is -2.54. The predicted molar refractivity (Wildman–Crippen MR) is 158 cm³/mol. The Labute approximate surface area is 243 Å². The first-order chi connectivity index (χ1) is 19.4. The molecule has 0 aliphatic rings.